The highest BCUT2D eigenvalue weighted by Crippen LogP contribution is 2.27. The summed E-state index contributed by atoms with van der Waals surface area (Å²) < 4.78 is 13.3. The van der Waals surface area contributed by atoms with Crippen LogP contribution in [0, 0.1) is 5.82 Å². The average molecular weight is 478 g/mol. The Morgan fingerprint density at radius 3 is 1.94 bits per heavy atom. The van der Waals surface area contributed by atoms with Crippen molar-refractivity contribution in [2.45, 2.75) is 96.8 Å². The Kier molecular flexibility index (Phi) is 13.6. The Morgan fingerprint density at radius 1 is 0.818 bits per heavy atom. The molecule has 4 N–H and O–H groups in total. The number of nitrogens with zero attached hydrogens (tertiary/aromatic N) is 2. The minimum absolute atomic E-state index is 0.0452. The third-order valence-electron chi connectivity index (χ3n) is 5.89. The number of nitrogens with two attached hydrogens (primary N) is 1. The standard InChI is InChI=1S/C26H41ClFN5/c1-2-3-4-5-6-7-8-9-10-11-12-13-14-15-18-30-25-24(29)26(32-20-31-25)33-21-16-17-23(28)22(27)19-21/h16-17,19-20H,2-15,18,29H2,1H3,(H2,30,31,32,33). The van der Waals surface area contributed by atoms with Gasteiger partial charge in [-0.1, -0.05) is 102 Å². The molecule has 1 heterocycles. The molecule has 1 aromatic carbocycles. The van der Waals surface area contributed by atoms with Crippen LogP contribution in [0.2, 0.25) is 5.02 Å². The average Bonchev–Trinajstić information content (AvgIpc) is 2.81. The van der Waals surface area contributed by atoms with Crippen LogP contribution >= 0.6 is 11.6 Å². The maximum Gasteiger partial charge on any atom is 0.159 e. The number of anilines is 4. The fraction of sp³-hybridized carbons (Fsp3) is 0.615. The molecule has 0 bridgehead atoms. The fourth-order valence-electron chi connectivity index (χ4n) is 3.87. The van der Waals surface area contributed by atoms with Crippen molar-refractivity contribution >= 4 is 34.6 Å². The van der Waals surface area contributed by atoms with Crippen LogP contribution in [0.15, 0.2) is 24.5 Å². The summed E-state index contributed by atoms with van der Waals surface area (Å²) >= 11 is 5.84. The maximum atomic E-state index is 13.3. The molecule has 0 saturated heterocycles. The van der Waals surface area contributed by atoms with Gasteiger partial charge in [-0.05, 0) is 24.6 Å². The predicted molar refractivity (Wildman–Crippen MR) is 140 cm³/mol. The van der Waals surface area contributed by atoms with Crippen LogP contribution in [0.1, 0.15) is 96.8 Å². The smallest absolute Gasteiger partial charge is 0.159 e. The van der Waals surface area contributed by atoms with Crippen molar-refractivity contribution < 1.29 is 4.39 Å². The lowest BCUT2D eigenvalue weighted by atomic mass is 10.0. The van der Waals surface area contributed by atoms with E-state index in [2.05, 4.69) is 27.5 Å². The summed E-state index contributed by atoms with van der Waals surface area (Å²) in [4.78, 5) is 8.43. The molecule has 0 aliphatic rings. The van der Waals surface area contributed by atoms with Gasteiger partial charge < -0.3 is 16.4 Å². The van der Waals surface area contributed by atoms with E-state index in [1.54, 1.807) is 6.07 Å². The van der Waals surface area contributed by atoms with Gasteiger partial charge in [0.15, 0.2) is 11.6 Å². The lowest BCUT2D eigenvalue weighted by molar-refractivity contribution is 0.537. The largest absolute Gasteiger partial charge is 0.393 e. The summed E-state index contributed by atoms with van der Waals surface area (Å²) in [5.74, 6) is 0.611. The molecule has 1 aromatic heterocycles. The molecule has 7 heteroatoms. The molecule has 0 spiro atoms. The second-order valence-electron chi connectivity index (χ2n) is 8.76. The van der Waals surface area contributed by atoms with Crippen LogP contribution in [-0.2, 0) is 0 Å². The first-order chi connectivity index (χ1) is 16.1. The quantitative estimate of drug-likeness (QED) is 0.187. The molecule has 0 radical (unpaired) electrons. The second kappa shape index (κ2) is 16.5. The maximum absolute atomic E-state index is 13.3. The minimum Gasteiger partial charge on any atom is -0.393 e. The van der Waals surface area contributed by atoms with Crippen LogP contribution in [0.25, 0.3) is 0 Å². The first-order valence-electron chi connectivity index (χ1n) is 12.7. The Labute approximate surface area is 204 Å². The predicted octanol–water partition coefficient (Wildman–Crippen LogP) is 8.49. The van der Waals surface area contributed by atoms with Crippen LogP contribution in [0.3, 0.4) is 0 Å². The molecular weight excluding hydrogens is 437 g/mol. The van der Waals surface area contributed by atoms with Crippen LogP contribution < -0.4 is 16.4 Å². The Morgan fingerprint density at radius 2 is 1.36 bits per heavy atom. The van der Waals surface area contributed by atoms with Gasteiger partial charge in [0.2, 0.25) is 0 Å². The van der Waals surface area contributed by atoms with Crippen LogP contribution in [0.4, 0.5) is 27.4 Å². The van der Waals surface area contributed by atoms with Crippen molar-refractivity contribution in [1.82, 2.24) is 9.97 Å². The van der Waals surface area contributed by atoms with Crippen molar-refractivity contribution in [3.63, 3.8) is 0 Å². The molecule has 0 amide bonds. The van der Waals surface area contributed by atoms with Crippen LogP contribution in [0.5, 0.6) is 0 Å². The van der Waals surface area contributed by atoms with Gasteiger partial charge in [-0.2, -0.15) is 0 Å². The summed E-state index contributed by atoms with van der Waals surface area (Å²) in [5, 5.41) is 6.41. The number of hydrogen-bond acceptors (Lipinski definition) is 5. The van der Waals surface area contributed by atoms with Gasteiger partial charge in [0.1, 0.15) is 17.8 Å². The van der Waals surface area contributed by atoms with E-state index in [-0.39, 0.29) is 5.02 Å². The van der Waals surface area contributed by atoms with Gasteiger partial charge >= 0.3 is 0 Å². The van der Waals surface area contributed by atoms with E-state index in [9.17, 15) is 4.39 Å². The molecule has 0 saturated carbocycles. The van der Waals surface area contributed by atoms with E-state index in [4.69, 9.17) is 17.3 Å². The number of hydrogen-bond donors (Lipinski definition) is 3. The van der Waals surface area contributed by atoms with E-state index >= 15 is 0 Å². The van der Waals surface area contributed by atoms with Crippen LogP contribution in [-0.4, -0.2) is 16.5 Å². The molecule has 184 valence electrons. The fourth-order valence-corrected chi connectivity index (χ4v) is 4.05. The molecule has 5 nitrogen and oxygen atoms in total. The van der Waals surface area contributed by atoms with E-state index < -0.39 is 5.82 Å². The molecule has 2 aromatic rings. The van der Waals surface area contributed by atoms with Crippen molar-refractivity contribution in [3.8, 4) is 0 Å². The third kappa shape index (κ3) is 11.1. The summed E-state index contributed by atoms with van der Waals surface area (Å²) in [6.45, 7) is 3.09. The van der Waals surface area contributed by atoms with E-state index in [0.29, 0.717) is 23.0 Å². The first-order valence-corrected chi connectivity index (χ1v) is 13.1. The van der Waals surface area contributed by atoms with Gasteiger partial charge in [0.05, 0.1) is 5.02 Å². The van der Waals surface area contributed by atoms with E-state index in [0.717, 1.165) is 13.0 Å². The monoisotopic (exact) mass is 477 g/mol. The summed E-state index contributed by atoms with van der Waals surface area (Å²) in [6.07, 6.45) is 20.3. The Balaban J connectivity index is 1.53. The number of halogens is 2. The van der Waals surface area contributed by atoms with E-state index in [1.807, 2.05) is 0 Å². The molecule has 0 atom stereocenters. The lowest BCUT2D eigenvalue weighted by Gasteiger charge is -2.13. The Hall–Kier alpha value is -2.08. The zero-order valence-corrected chi connectivity index (χ0v) is 20.9. The number of rotatable bonds is 18. The van der Waals surface area contributed by atoms with Crippen molar-refractivity contribution in [1.29, 1.82) is 0 Å². The van der Waals surface area contributed by atoms with Crippen molar-refractivity contribution in [2.24, 2.45) is 0 Å². The Bertz CT molecular complexity index is 802. The minimum atomic E-state index is -0.464. The highest BCUT2D eigenvalue weighted by atomic mass is 35.5. The lowest BCUT2D eigenvalue weighted by Crippen LogP contribution is -2.09. The van der Waals surface area contributed by atoms with Gasteiger partial charge in [-0.25, -0.2) is 14.4 Å². The van der Waals surface area contributed by atoms with Crippen molar-refractivity contribution in [2.75, 3.05) is 22.9 Å². The first kappa shape index (κ1) is 27.2. The summed E-state index contributed by atoms with van der Waals surface area (Å²) in [6, 6.07) is 4.39. The third-order valence-corrected chi connectivity index (χ3v) is 6.18. The zero-order chi connectivity index (χ0) is 23.7. The zero-order valence-electron chi connectivity index (χ0n) is 20.1. The summed E-state index contributed by atoms with van der Waals surface area (Å²) in [7, 11) is 0. The van der Waals surface area contributed by atoms with Gasteiger partial charge in [0, 0.05) is 12.2 Å². The second-order valence-corrected chi connectivity index (χ2v) is 9.17. The normalized spacial score (nSPS) is 11.0. The van der Waals surface area contributed by atoms with Gasteiger partial charge in [0.25, 0.3) is 0 Å². The summed E-state index contributed by atoms with van der Waals surface area (Å²) in [5.41, 5.74) is 7.25. The molecular formula is C26H41ClFN5. The van der Waals surface area contributed by atoms with Gasteiger partial charge in [-0.15, -0.1) is 0 Å². The molecule has 33 heavy (non-hydrogen) atoms. The van der Waals surface area contributed by atoms with Gasteiger partial charge in [-0.3, -0.25) is 0 Å². The van der Waals surface area contributed by atoms with Crippen molar-refractivity contribution in [3.05, 3.63) is 35.4 Å². The number of nitrogen functional groups attached to an aromatic ring is 1. The highest BCUT2D eigenvalue weighted by Gasteiger charge is 2.09. The molecule has 0 unspecified atom stereocenters. The SMILES string of the molecule is CCCCCCCCCCCCCCCCNc1ncnc(Nc2ccc(F)c(Cl)c2)c1N. The number of nitrogens with one attached hydrogen (secondary N) is 2. The topological polar surface area (TPSA) is 75.9 Å². The molecule has 0 aliphatic heterocycles. The number of benzene rings is 1. The molecule has 0 fully saturated rings. The number of unbranched alkanes of at least 4 members (excludes halogenated alkanes) is 13. The van der Waals surface area contributed by atoms with E-state index in [1.165, 1.54) is 102 Å². The molecule has 2 rings (SSSR count). The highest BCUT2D eigenvalue weighted by molar-refractivity contribution is 6.31. The molecule has 0 aliphatic carbocycles. The number of aromatic nitrogens is 2.